The van der Waals surface area contributed by atoms with E-state index < -0.39 is 16.0 Å². The Hall–Kier alpha value is -4.18. The van der Waals surface area contributed by atoms with Crippen molar-refractivity contribution in [1.82, 2.24) is 0 Å². The van der Waals surface area contributed by atoms with Crippen molar-refractivity contribution in [1.29, 1.82) is 0 Å². The number of nitrogens with one attached hydrogen (secondary N) is 1. The summed E-state index contributed by atoms with van der Waals surface area (Å²) >= 11 is 0. The van der Waals surface area contributed by atoms with E-state index in [4.69, 9.17) is 18.9 Å². The molecule has 0 bridgehead atoms. The van der Waals surface area contributed by atoms with Crippen LogP contribution in [0.3, 0.4) is 0 Å². The fraction of sp³-hybridized carbons (Fsp3) is 0.160. The lowest BCUT2D eigenvalue weighted by Gasteiger charge is -2.14. The molecular weight excluding hydrogens is 474 g/mol. The van der Waals surface area contributed by atoms with Crippen molar-refractivity contribution in [2.45, 2.75) is 0 Å². The van der Waals surface area contributed by atoms with E-state index in [1.165, 1.54) is 52.7 Å². The van der Waals surface area contributed by atoms with Crippen molar-refractivity contribution in [3.63, 3.8) is 0 Å². The third-order valence-corrected chi connectivity index (χ3v) is 6.09. The van der Waals surface area contributed by atoms with Gasteiger partial charge in [-0.1, -0.05) is 18.2 Å². The van der Waals surface area contributed by atoms with Gasteiger partial charge in [0.1, 0.15) is 23.0 Å². The minimum atomic E-state index is -3.97. The zero-order valence-corrected chi connectivity index (χ0v) is 20.4. The molecule has 0 aliphatic carbocycles. The van der Waals surface area contributed by atoms with Crippen LogP contribution in [-0.4, -0.2) is 47.9 Å². The van der Waals surface area contributed by atoms with Crippen LogP contribution in [0.4, 0.5) is 5.69 Å². The Balaban J connectivity index is 1.98. The first-order valence-corrected chi connectivity index (χ1v) is 11.8. The third kappa shape index (κ3) is 5.85. The monoisotopic (exact) mass is 499 g/mol. The van der Waals surface area contributed by atoms with Gasteiger partial charge in [0.15, 0.2) is 0 Å². The Labute approximate surface area is 203 Å². The fourth-order valence-corrected chi connectivity index (χ4v) is 4.28. The Kier molecular flexibility index (Phi) is 7.87. The quantitative estimate of drug-likeness (QED) is 0.418. The lowest BCUT2D eigenvalue weighted by molar-refractivity contribution is 0.0697. The summed E-state index contributed by atoms with van der Waals surface area (Å²) in [6.45, 7) is 0. The molecule has 184 valence electrons. The van der Waals surface area contributed by atoms with Crippen LogP contribution in [0.1, 0.15) is 15.9 Å². The largest absolute Gasteiger partial charge is 0.496 e. The molecule has 35 heavy (non-hydrogen) atoms. The number of sulfonamides is 1. The van der Waals surface area contributed by atoms with Crippen LogP contribution in [0.15, 0.2) is 60.0 Å². The van der Waals surface area contributed by atoms with Gasteiger partial charge in [0.25, 0.3) is 10.0 Å². The van der Waals surface area contributed by atoms with Crippen LogP contribution in [0.25, 0.3) is 17.2 Å². The predicted octanol–water partition coefficient (Wildman–Crippen LogP) is 4.50. The summed E-state index contributed by atoms with van der Waals surface area (Å²) < 4.78 is 49.4. The van der Waals surface area contributed by atoms with Crippen LogP contribution in [0.2, 0.25) is 0 Å². The molecule has 0 fully saturated rings. The lowest BCUT2D eigenvalue weighted by atomic mass is 9.98. The molecule has 0 saturated heterocycles. The third-order valence-electron chi connectivity index (χ3n) is 5.07. The van der Waals surface area contributed by atoms with E-state index in [0.29, 0.717) is 39.7 Å². The number of carboxylic acids is 1. The predicted molar refractivity (Wildman–Crippen MR) is 133 cm³/mol. The molecule has 0 unspecified atom stereocenters. The van der Waals surface area contributed by atoms with Gasteiger partial charge >= 0.3 is 5.97 Å². The van der Waals surface area contributed by atoms with Gasteiger partial charge in [-0.2, -0.15) is 0 Å². The van der Waals surface area contributed by atoms with Crippen LogP contribution < -0.4 is 23.7 Å². The first-order valence-electron chi connectivity index (χ1n) is 10.2. The molecule has 3 aromatic rings. The molecule has 0 radical (unpaired) electrons. The molecule has 2 N–H and O–H groups in total. The topological polar surface area (TPSA) is 120 Å². The molecule has 10 heteroatoms. The van der Waals surface area contributed by atoms with Gasteiger partial charge in [-0.25, -0.2) is 13.2 Å². The highest BCUT2D eigenvalue weighted by Gasteiger charge is 2.17. The zero-order valence-electron chi connectivity index (χ0n) is 19.6. The number of ether oxygens (including phenoxy) is 4. The normalized spacial score (nSPS) is 11.2. The van der Waals surface area contributed by atoms with Gasteiger partial charge in [0.2, 0.25) is 0 Å². The van der Waals surface area contributed by atoms with E-state index in [-0.39, 0.29) is 11.3 Å². The summed E-state index contributed by atoms with van der Waals surface area (Å²) in [4.78, 5) is 11.7. The van der Waals surface area contributed by atoms with Crippen LogP contribution in [0, 0.1) is 0 Å². The molecule has 0 aliphatic heterocycles. The number of hydrogen-bond donors (Lipinski definition) is 2. The second-order valence-corrected chi connectivity index (χ2v) is 8.73. The second-order valence-electron chi connectivity index (χ2n) is 7.16. The number of carbonyl (C=O) groups is 1. The van der Waals surface area contributed by atoms with Crippen LogP contribution in [-0.2, 0) is 10.0 Å². The summed E-state index contributed by atoms with van der Waals surface area (Å²) in [5.74, 6) is 0.502. The van der Waals surface area contributed by atoms with Crippen molar-refractivity contribution in [3.05, 3.63) is 71.1 Å². The standard InChI is InChI=1S/C25H25NO8S/c1-31-17-14-23(33-3)20(24(15-17)34-4)11-12-35(29,30)26-16-9-10-22(32-2)21(13-16)18-7-5-6-8-19(18)25(27)28/h5-15,26H,1-4H3,(H,27,28)/b12-11+. The number of carboxylic acid groups (broad SMARTS) is 1. The van der Waals surface area contributed by atoms with Gasteiger partial charge in [-0.05, 0) is 35.9 Å². The van der Waals surface area contributed by atoms with E-state index in [1.807, 2.05) is 0 Å². The van der Waals surface area contributed by atoms with E-state index in [9.17, 15) is 18.3 Å². The van der Waals surface area contributed by atoms with Crippen molar-refractivity contribution >= 4 is 27.8 Å². The van der Waals surface area contributed by atoms with Crippen LogP contribution in [0.5, 0.6) is 23.0 Å². The number of anilines is 1. The molecule has 0 saturated carbocycles. The van der Waals surface area contributed by atoms with E-state index in [0.717, 1.165) is 5.41 Å². The molecule has 0 aromatic heterocycles. The van der Waals surface area contributed by atoms with E-state index >= 15 is 0 Å². The van der Waals surface area contributed by atoms with Crippen molar-refractivity contribution in [2.24, 2.45) is 0 Å². The maximum absolute atomic E-state index is 12.8. The van der Waals surface area contributed by atoms with Gasteiger partial charge < -0.3 is 24.1 Å². The summed E-state index contributed by atoms with van der Waals surface area (Å²) in [6, 6.07) is 14.2. The van der Waals surface area contributed by atoms with E-state index in [2.05, 4.69) is 4.72 Å². The lowest BCUT2D eigenvalue weighted by Crippen LogP contribution is -2.09. The number of methoxy groups -OCH3 is 4. The Morgan fingerprint density at radius 1 is 0.829 bits per heavy atom. The molecule has 0 spiro atoms. The average Bonchev–Trinajstić information content (AvgIpc) is 2.86. The first kappa shape index (κ1) is 25.4. The summed E-state index contributed by atoms with van der Waals surface area (Å²) in [5.41, 5.74) is 1.50. The maximum atomic E-state index is 12.8. The SMILES string of the molecule is COc1cc(OC)c(/C=C/S(=O)(=O)Nc2ccc(OC)c(-c3ccccc3C(=O)O)c2)c(OC)c1. The second kappa shape index (κ2) is 10.8. The molecule has 9 nitrogen and oxygen atoms in total. The number of benzene rings is 3. The Morgan fingerprint density at radius 2 is 1.46 bits per heavy atom. The zero-order chi connectivity index (χ0) is 25.6. The Bertz CT molecular complexity index is 1340. The number of rotatable bonds is 10. The number of aromatic carboxylic acids is 1. The minimum Gasteiger partial charge on any atom is -0.496 e. The van der Waals surface area contributed by atoms with Gasteiger partial charge in [-0.15, -0.1) is 0 Å². The van der Waals surface area contributed by atoms with Gasteiger partial charge in [0, 0.05) is 23.4 Å². The summed E-state index contributed by atoms with van der Waals surface area (Å²) in [6.07, 6.45) is 1.35. The first-order chi connectivity index (χ1) is 16.7. The van der Waals surface area contributed by atoms with Gasteiger partial charge in [-0.3, -0.25) is 4.72 Å². The highest BCUT2D eigenvalue weighted by molar-refractivity contribution is 7.95. The fourth-order valence-electron chi connectivity index (χ4n) is 3.44. The Morgan fingerprint density at radius 3 is 2.03 bits per heavy atom. The van der Waals surface area contributed by atoms with Crippen molar-refractivity contribution in [3.8, 4) is 34.1 Å². The highest BCUT2D eigenvalue weighted by Crippen LogP contribution is 2.36. The number of hydrogen-bond acceptors (Lipinski definition) is 7. The molecule has 0 aliphatic rings. The molecule has 3 aromatic carbocycles. The molecular formula is C25H25NO8S. The smallest absolute Gasteiger partial charge is 0.336 e. The molecule has 3 rings (SSSR count). The van der Waals surface area contributed by atoms with E-state index in [1.54, 1.807) is 36.4 Å². The van der Waals surface area contributed by atoms with Crippen LogP contribution >= 0.6 is 0 Å². The molecule has 0 heterocycles. The maximum Gasteiger partial charge on any atom is 0.336 e. The molecule has 0 amide bonds. The summed E-state index contributed by atoms with van der Waals surface area (Å²) in [7, 11) is 1.87. The van der Waals surface area contributed by atoms with Crippen molar-refractivity contribution in [2.75, 3.05) is 33.2 Å². The van der Waals surface area contributed by atoms with Gasteiger partial charge in [0.05, 0.1) is 45.0 Å². The minimum absolute atomic E-state index is 0.0596. The highest BCUT2D eigenvalue weighted by atomic mass is 32.2. The van der Waals surface area contributed by atoms with Crippen molar-refractivity contribution < 1.29 is 37.3 Å². The average molecular weight is 500 g/mol. The molecule has 0 atom stereocenters. The summed E-state index contributed by atoms with van der Waals surface area (Å²) in [5, 5.41) is 10.5.